The zero-order valence-corrected chi connectivity index (χ0v) is 21.3. The molecule has 0 atom stereocenters. The highest BCUT2D eigenvalue weighted by molar-refractivity contribution is 7.99. The molecule has 0 saturated carbocycles. The Labute approximate surface area is 215 Å². The van der Waals surface area contributed by atoms with Crippen molar-refractivity contribution in [3.63, 3.8) is 0 Å². The first-order valence-corrected chi connectivity index (χ1v) is 13.1. The molecule has 0 radical (unpaired) electrons. The molecule has 7 nitrogen and oxygen atoms in total. The molecule has 36 heavy (non-hydrogen) atoms. The van der Waals surface area contributed by atoms with Gasteiger partial charge in [-0.15, -0.1) is 0 Å². The molecular weight excluding hydrogens is 470 g/mol. The van der Waals surface area contributed by atoms with Gasteiger partial charge < -0.3 is 15.1 Å². The number of hydrogen-bond acceptors (Lipinski definition) is 4. The standard InChI is InChI=1S/C28H29N5O2S/c1-20-7-9-21(10-8-20)27(35)33-17-15-32(16-18-33)23-13-11-22(12-14-23)29-26(34)19-36-28-30-24-5-3-4-6-25(24)31(28)2/h3-14H,15-19H2,1-2H3,(H,29,34)/p+1. The van der Waals surface area contributed by atoms with Gasteiger partial charge in [0.15, 0.2) is 11.0 Å². The predicted octanol–water partition coefficient (Wildman–Crippen LogP) is 3.99. The number of rotatable bonds is 6. The minimum Gasteiger partial charge on any atom is -0.368 e. The molecule has 2 N–H and O–H groups in total. The van der Waals surface area contributed by atoms with Crippen LogP contribution in [0.25, 0.3) is 11.0 Å². The SMILES string of the molecule is Cc1ccc(C(=O)N2CCN(c3ccc(NC(=O)CSc4[nH]c5ccccc5[n+]4C)cc3)CC2)cc1. The molecule has 184 valence electrons. The number of anilines is 2. The molecule has 2 heterocycles. The molecule has 3 aromatic carbocycles. The van der Waals surface area contributed by atoms with Crippen LogP contribution in [0.3, 0.4) is 0 Å². The second-order valence-electron chi connectivity index (χ2n) is 9.04. The number of para-hydroxylation sites is 2. The number of imidazole rings is 1. The molecular formula is C28H30N5O2S+. The van der Waals surface area contributed by atoms with Crippen LogP contribution < -0.4 is 14.8 Å². The third-order valence-corrected chi connectivity index (χ3v) is 7.59. The van der Waals surface area contributed by atoms with Crippen molar-refractivity contribution < 1.29 is 14.2 Å². The summed E-state index contributed by atoms with van der Waals surface area (Å²) < 4.78 is 2.07. The second kappa shape index (κ2) is 10.5. The lowest BCUT2D eigenvalue weighted by Crippen LogP contribution is -2.48. The van der Waals surface area contributed by atoms with Crippen molar-refractivity contribution in [1.29, 1.82) is 0 Å². The zero-order valence-electron chi connectivity index (χ0n) is 20.5. The first kappa shape index (κ1) is 23.9. The number of thioether (sulfide) groups is 1. The van der Waals surface area contributed by atoms with E-state index in [0.717, 1.165) is 51.8 Å². The summed E-state index contributed by atoms with van der Waals surface area (Å²) in [6.45, 7) is 4.96. The van der Waals surface area contributed by atoms with Gasteiger partial charge in [0.25, 0.3) is 5.91 Å². The predicted molar refractivity (Wildman–Crippen MR) is 145 cm³/mol. The maximum atomic E-state index is 12.8. The van der Waals surface area contributed by atoms with Crippen molar-refractivity contribution in [2.45, 2.75) is 12.1 Å². The minimum absolute atomic E-state index is 0.0466. The summed E-state index contributed by atoms with van der Waals surface area (Å²) >= 11 is 1.48. The van der Waals surface area contributed by atoms with E-state index in [2.05, 4.69) is 25.8 Å². The second-order valence-corrected chi connectivity index (χ2v) is 10.00. The summed E-state index contributed by atoms with van der Waals surface area (Å²) in [6, 6.07) is 23.8. The Morgan fingerprint density at radius 3 is 2.33 bits per heavy atom. The number of carbonyl (C=O) groups excluding carboxylic acids is 2. The summed E-state index contributed by atoms with van der Waals surface area (Å²) in [5.41, 5.74) is 5.92. The van der Waals surface area contributed by atoms with Crippen LogP contribution in [0.2, 0.25) is 0 Å². The van der Waals surface area contributed by atoms with Crippen LogP contribution in [-0.2, 0) is 11.8 Å². The summed E-state index contributed by atoms with van der Waals surface area (Å²) in [6.07, 6.45) is 0. The van der Waals surface area contributed by atoms with Crippen LogP contribution in [0.4, 0.5) is 11.4 Å². The van der Waals surface area contributed by atoms with Crippen molar-refractivity contribution in [3.05, 3.63) is 83.9 Å². The van der Waals surface area contributed by atoms with Crippen LogP contribution in [0.15, 0.2) is 78.0 Å². The number of benzene rings is 3. The molecule has 0 spiro atoms. The highest BCUT2D eigenvalue weighted by atomic mass is 32.2. The fourth-order valence-corrected chi connectivity index (χ4v) is 5.26. The van der Waals surface area contributed by atoms with Crippen molar-refractivity contribution in [2.24, 2.45) is 7.05 Å². The Bertz CT molecular complexity index is 1370. The van der Waals surface area contributed by atoms with E-state index < -0.39 is 0 Å². The van der Waals surface area contributed by atoms with Crippen molar-refractivity contribution in [1.82, 2.24) is 9.88 Å². The lowest BCUT2D eigenvalue weighted by atomic mass is 10.1. The fourth-order valence-electron chi connectivity index (χ4n) is 4.45. The van der Waals surface area contributed by atoms with Crippen LogP contribution in [-0.4, -0.2) is 53.6 Å². The van der Waals surface area contributed by atoms with E-state index >= 15 is 0 Å². The Balaban J connectivity index is 1.11. The lowest BCUT2D eigenvalue weighted by molar-refractivity contribution is -0.683. The largest absolute Gasteiger partial charge is 0.368 e. The average molecular weight is 501 g/mol. The van der Waals surface area contributed by atoms with Gasteiger partial charge in [-0.1, -0.05) is 29.8 Å². The van der Waals surface area contributed by atoms with E-state index in [1.165, 1.54) is 11.8 Å². The van der Waals surface area contributed by atoms with E-state index in [1.807, 2.05) is 85.6 Å². The third kappa shape index (κ3) is 5.23. The molecule has 8 heteroatoms. The fraction of sp³-hybridized carbons (Fsp3) is 0.250. The normalized spacial score (nSPS) is 13.7. The van der Waals surface area contributed by atoms with E-state index in [4.69, 9.17) is 0 Å². The van der Waals surface area contributed by atoms with Crippen LogP contribution in [0, 0.1) is 6.92 Å². The monoisotopic (exact) mass is 500 g/mol. The first-order valence-electron chi connectivity index (χ1n) is 12.1. The van der Waals surface area contributed by atoms with E-state index in [1.54, 1.807) is 0 Å². The molecule has 1 aliphatic rings. The minimum atomic E-state index is -0.0466. The maximum absolute atomic E-state index is 12.8. The number of hydrogen-bond donors (Lipinski definition) is 2. The summed E-state index contributed by atoms with van der Waals surface area (Å²) in [5, 5.41) is 3.93. The Kier molecular flexibility index (Phi) is 6.95. The Morgan fingerprint density at radius 1 is 0.944 bits per heavy atom. The van der Waals surface area contributed by atoms with Gasteiger partial charge in [-0.05, 0) is 67.2 Å². The van der Waals surface area contributed by atoms with Gasteiger partial charge in [-0.25, -0.2) is 9.55 Å². The number of aryl methyl sites for hydroxylation is 2. The number of nitrogens with zero attached hydrogens (tertiary/aromatic N) is 3. The highest BCUT2D eigenvalue weighted by Gasteiger charge is 2.22. The van der Waals surface area contributed by atoms with Crippen molar-refractivity contribution >= 4 is 46.0 Å². The molecule has 0 unspecified atom stereocenters. The number of H-pyrrole nitrogens is 1. The number of carbonyl (C=O) groups is 2. The highest BCUT2D eigenvalue weighted by Crippen LogP contribution is 2.21. The molecule has 4 aromatic rings. The number of amides is 2. The molecule has 0 aliphatic carbocycles. The van der Waals surface area contributed by atoms with Crippen LogP contribution in [0.5, 0.6) is 0 Å². The molecule has 5 rings (SSSR count). The van der Waals surface area contributed by atoms with E-state index in [9.17, 15) is 9.59 Å². The van der Waals surface area contributed by atoms with Crippen LogP contribution >= 0.6 is 11.8 Å². The molecule has 2 amide bonds. The van der Waals surface area contributed by atoms with E-state index in [0.29, 0.717) is 18.8 Å². The van der Waals surface area contributed by atoms with Gasteiger partial charge in [0.2, 0.25) is 5.91 Å². The van der Waals surface area contributed by atoms with Gasteiger partial charge in [0.05, 0.1) is 12.8 Å². The number of nitrogens with one attached hydrogen (secondary N) is 2. The quantitative estimate of drug-likeness (QED) is 0.310. The Morgan fingerprint density at radius 2 is 1.64 bits per heavy atom. The molecule has 1 fully saturated rings. The topological polar surface area (TPSA) is 72.3 Å². The van der Waals surface area contributed by atoms with Crippen LogP contribution in [0.1, 0.15) is 15.9 Å². The third-order valence-electron chi connectivity index (χ3n) is 6.53. The number of piperazine rings is 1. The molecule has 0 bridgehead atoms. The van der Waals surface area contributed by atoms with Crippen molar-refractivity contribution in [3.8, 4) is 0 Å². The number of aromatic amines is 1. The first-order chi connectivity index (χ1) is 17.5. The number of aromatic nitrogens is 2. The summed E-state index contributed by atoms with van der Waals surface area (Å²) in [7, 11) is 2.00. The summed E-state index contributed by atoms with van der Waals surface area (Å²) in [5.74, 6) is 0.362. The molecule has 1 saturated heterocycles. The molecule has 1 aliphatic heterocycles. The van der Waals surface area contributed by atoms with Crippen molar-refractivity contribution in [2.75, 3.05) is 42.1 Å². The van der Waals surface area contributed by atoms with Gasteiger partial charge in [-0.3, -0.25) is 9.59 Å². The number of fused-ring (bicyclic) bond motifs is 1. The van der Waals surface area contributed by atoms with Gasteiger partial charge in [0.1, 0.15) is 0 Å². The average Bonchev–Trinajstić information content (AvgIpc) is 3.23. The van der Waals surface area contributed by atoms with Gasteiger partial charge >= 0.3 is 5.16 Å². The Hall–Kier alpha value is -3.78. The molecule has 1 aromatic heterocycles. The maximum Gasteiger partial charge on any atom is 0.317 e. The van der Waals surface area contributed by atoms with E-state index in [-0.39, 0.29) is 11.8 Å². The summed E-state index contributed by atoms with van der Waals surface area (Å²) in [4.78, 5) is 32.9. The zero-order chi connectivity index (χ0) is 25.1. The lowest BCUT2D eigenvalue weighted by Gasteiger charge is -2.36. The van der Waals surface area contributed by atoms with Gasteiger partial charge in [-0.2, -0.15) is 0 Å². The van der Waals surface area contributed by atoms with Gasteiger partial charge in [0, 0.05) is 43.1 Å². The smallest absolute Gasteiger partial charge is 0.317 e.